The molecule has 0 radical (unpaired) electrons. The van der Waals surface area contributed by atoms with Crippen molar-refractivity contribution in [3.63, 3.8) is 0 Å². The highest BCUT2D eigenvalue weighted by Gasteiger charge is 2.34. The van der Waals surface area contributed by atoms with Crippen LogP contribution in [0.2, 0.25) is 0 Å². The number of ether oxygens (including phenoxy) is 1. The average molecular weight is 404 g/mol. The molecular weight excluding hydrogens is 382 g/mol. The van der Waals surface area contributed by atoms with Gasteiger partial charge in [0.25, 0.3) is 12.3 Å². The monoisotopic (exact) mass is 404 g/mol. The molecule has 1 aliphatic heterocycles. The minimum Gasteiger partial charge on any atom is -0.471 e. The lowest BCUT2D eigenvalue weighted by molar-refractivity contribution is -0.115. The predicted molar refractivity (Wildman–Crippen MR) is 102 cm³/mol. The maximum absolute atomic E-state index is 12.9. The zero-order chi connectivity index (χ0) is 21.1. The van der Waals surface area contributed by atoms with Crippen LogP contribution < -0.4 is 10.1 Å². The van der Waals surface area contributed by atoms with Crippen LogP contribution in [0.3, 0.4) is 0 Å². The molecule has 7 nitrogen and oxygen atoms in total. The van der Waals surface area contributed by atoms with Crippen molar-refractivity contribution in [3.05, 3.63) is 46.8 Å². The largest absolute Gasteiger partial charge is 0.471 e. The molecule has 0 fully saturated rings. The molecule has 1 atom stereocenters. The molecule has 0 aromatic carbocycles. The maximum Gasteiger partial charge on any atom is 0.272 e. The third kappa shape index (κ3) is 4.33. The first-order valence-electron chi connectivity index (χ1n) is 9.28. The molecule has 1 unspecified atom stereocenters. The third-order valence-electron chi connectivity index (χ3n) is 4.80. The molecule has 9 heteroatoms. The Bertz CT molecular complexity index is 936. The van der Waals surface area contributed by atoms with Crippen LogP contribution >= 0.6 is 0 Å². The van der Waals surface area contributed by atoms with E-state index in [1.54, 1.807) is 30.9 Å². The fourth-order valence-electron chi connectivity index (χ4n) is 3.18. The molecule has 29 heavy (non-hydrogen) atoms. The number of fused-ring (bicyclic) bond motifs is 1. The van der Waals surface area contributed by atoms with Crippen LogP contribution in [0, 0.1) is 6.92 Å². The summed E-state index contributed by atoms with van der Waals surface area (Å²) in [6, 6.07) is 3.09. The molecule has 0 saturated carbocycles. The van der Waals surface area contributed by atoms with E-state index < -0.39 is 13.0 Å². The van der Waals surface area contributed by atoms with Gasteiger partial charge in [0.1, 0.15) is 5.82 Å². The normalized spacial score (nSPS) is 14.1. The molecule has 3 heterocycles. The summed E-state index contributed by atoms with van der Waals surface area (Å²) in [5, 5.41) is 2.73. The van der Waals surface area contributed by atoms with Crippen molar-refractivity contribution in [2.75, 3.05) is 11.9 Å². The quantitative estimate of drug-likeness (QED) is 0.764. The van der Waals surface area contributed by atoms with E-state index in [1.165, 1.54) is 12.4 Å². The number of pyridine rings is 2. The van der Waals surface area contributed by atoms with Crippen LogP contribution in [0.25, 0.3) is 0 Å². The number of aromatic nitrogens is 2. The number of alkyl halides is 2. The van der Waals surface area contributed by atoms with Crippen molar-refractivity contribution in [3.8, 4) is 5.88 Å². The number of carbonyl (C=O) groups is 2. The number of nitrogens with zero attached hydrogens (tertiary/aromatic N) is 3. The first-order chi connectivity index (χ1) is 13.8. The molecule has 2 aromatic heterocycles. The fourth-order valence-corrected chi connectivity index (χ4v) is 3.18. The average Bonchev–Trinajstić information content (AvgIpc) is 3.04. The highest BCUT2D eigenvalue weighted by Crippen LogP contribution is 2.34. The van der Waals surface area contributed by atoms with Crippen molar-refractivity contribution < 1.29 is 23.1 Å². The second kappa shape index (κ2) is 8.50. The Hall–Kier alpha value is -3.10. The summed E-state index contributed by atoms with van der Waals surface area (Å²) in [6.07, 6.45) is 0.750. The number of rotatable bonds is 7. The first-order valence-corrected chi connectivity index (χ1v) is 9.28. The zero-order valence-corrected chi connectivity index (χ0v) is 16.4. The van der Waals surface area contributed by atoms with Crippen LogP contribution in [0.15, 0.2) is 24.5 Å². The van der Waals surface area contributed by atoms with Gasteiger partial charge in [0.05, 0.1) is 12.6 Å². The van der Waals surface area contributed by atoms with Gasteiger partial charge in [-0.3, -0.25) is 9.59 Å². The van der Waals surface area contributed by atoms with Crippen molar-refractivity contribution in [1.82, 2.24) is 14.9 Å². The Morgan fingerprint density at radius 3 is 2.79 bits per heavy atom. The molecule has 154 valence electrons. The van der Waals surface area contributed by atoms with Crippen LogP contribution in [0.1, 0.15) is 53.4 Å². The van der Waals surface area contributed by atoms with E-state index >= 15 is 0 Å². The zero-order valence-electron chi connectivity index (χ0n) is 16.4. The van der Waals surface area contributed by atoms with E-state index in [1.807, 2.05) is 6.92 Å². The summed E-state index contributed by atoms with van der Waals surface area (Å²) in [6.45, 7) is 4.89. The lowest BCUT2D eigenvalue weighted by Gasteiger charge is -2.25. The Morgan fingerprint density at radius 1 is 1.38 bits per heavy atom. The second-order valence-corrected chi connectivity index (χ2v) is 6.79. The van der Waals surface area contributed by atoms with Gasteiger partial charge in [-0.1, -0.05) is 6.92 Å². The number of halogens is 2. The molecule has 2 aromatic rings. The summed E-state index contributed by atoms with van der Waals surface area (Å²) >= 11 is 0. The summed E-state index contributed by atoms with van der Waals surface area (Å²) in [5.74, 6) is 0.190. The highest BCUT2D eigenvalue weighted by molar-refractivity contribution is 6.01. The van der Waals surface area contributed by atoms with Gasteiger partial charge in [0.15, 0.2) is 6.61 Å². The van der Waals surface area contributed by atoms with Crippen LogP contribution in [0.4, 0.5) is 14.6 Å². The lowest BCUT2D eigenvalue weighted by Crippen LogP contribution is -2.27. The summed E-state index contributed by atoms with van der Waals surface area (Å²) in [4.78, 5) is 34.6. The smallest absolute Gasteiger partial charge is 0.272 e. The van der Waals surface area contributed by atoms with E-state index in [0.29, 0.717) is 35.5 Å². The van der Waals surface area contributed by atoms with Crippen molar-refractivity contribution in [2.45, 2.75) is 46.2 Å². The van der Waals surface area contributed by atoms with Crippen molar-refractivity contribution in [2.24, 2.45) is 0 Å². The predicted octanol–water partition coefficient (Wildman–Crippen LogP) is 3.49. The Labute approximate surface area is 167 Å². The minimum atomic E-state index is -2.58. The van der Waals surface area contributed by atoms with E-state index in [2.05, 4.69) is 15.3 Å². The molecule has 0 spiro atoms. The Morgan fingerprint density at radius 2 is 2.14 bits per heavy atom. The minimum absolute atomic E-state index is 0.144. The van der Waals surface area contributed by atoms with E-state index in [9.17, 15) is 18.4 Å². The fraction of sp³-hybridized carbons (Fsp3) is 0.400. The van der Waals surface area contributed by atoms with Gasteiger partial charge < -0.3 is 15.0 Å². The molecular formula is C20H22F2N4O3. The molecule has 2 amide bonds. The number of amides is 2. The Balaban J connectivity index is 1.81. The second-order valence-electron chi connectivity index (χ2n) is 6.79. The number of carbonyl (C=O) groups excluding carboxylic acids is 2. The van der Waals surface area contributed by atoms with Gasteiger partial charge in [0.2, 0.25) is 11.8 Å². The van der Waals surface area contributed by atoms with Crippen molar-refractivity contribution >= 4 is 17.6 Å². The van der Waals surface area contributed by atoms with Gasteiger partial charge >= 0.3 is 0 Å². The molecule has 1 aliphatic rings. The van der Waals surface area contributed by atoms with Crippen molar-refractivity contribution in [1.29, 1.82) is 0 Å². The number of hydrogen-bond acceptors (Lipinski definition) is 5. The van der Waals surface area contributed by atoms with E-state index in [0.717, 1.165) is 5.56 Å². The Kier molecular flexibility index (Phi) is 6.05. The van der Waals surface area contributed by atoms with Gasteiger partial charge in [-0.25, -0.2) is 18.7 Å². The molecule has 0 bridgehead atoms. The highest BCUT2D eigenvalue weighted by atomic mass is 19.3. The molecule has 0 aliphatic carbocycles. The SMILES string of the molecule is CCC(=O)Nc1nccc2c1CN(C(C)c1cnc(OCC(F)F)c(C)c1)C2=O. The number of anilines is 1. The van der Waals surface area contributed by atoms with Crippen LogP contribution in [-0.4, -0.2) is 39.7 Å². The molecule has 3 rings (SSSR count). The summed E-state index contributed by atoms with van der Waals surface area (Å²) in [7, 11) is 0. The molecule has 0 saturated heterocycles. The lowest BCUT2D eigenvalue weighted by atomic mass is 10.1. The number of aryl methyl sites for hydroxylation is 1. The van der Waals surface area contributed by atoms with Crippen LogP contribution in [-0.2, 0) is 11.3 Å². The van der Waals surface area contributed by atoms with Gasteiger partial charge in [-0.2, -0.15) is 0 Å². The molecule has 1 N–H and O–H groups in total. The van der Waals surface area contributed by atoms with Crippen LogP contribution in [0.5, 0.6) is 5.88 Å². The standard InChI is InChI=1S/C20H22F2N4O3/c1-4-17(27)25-18-15-9-26(20(28)14(15)5-6-23-18)12(3)13-7-11(2)19(24-8-13)29-10-16(21)22/h5-8,12,16H,4,9-10H2,1-3H3,(H,23,25,27). The number of nitrogens with one attached hydrogen (secondary N) is 1. The van der Waals surface area contributed by atoms with E-state index in [-0.39, 0.29) is 23.7 Å². The summed E-state index contributed by atoms with van der Waals surface area (Å²) < 4.78 is 29.7. The van der Waals surface area contributed by atoms with E-state index in [4.69, 9.17) is 4.74 Å². The first kappa shape index (κ1) is 20.6. The third-order valence-corrected chi connectivity index (χ3v) is 4.80. The summed E-state index contributed by atoms with van der Waals surface area (Å²) in [5.41, 5.74) is 2.53. The topological polar surface area (TPSA) is 84.4 Å². The maximum atomic E-state index is 12.9. The van der Waals surface area contributed by atoms with Gasteiger partial charge in [0, 0.05) is 35.5 Å². The van der Waals surface area contributed by atoms with Gasteiger partial charge in [-0.05, 0) is 31.5 Å². The number of hydrogen-bond donors (Lipinski definition) is 1. The van der Waals surface area contributed by atoms with Gasteiger partial charge in [-0.15, -0.1) is 0 Å².